The Morgan fingerprint density at radius 3 is 1.10 bits per heavy atom. The number of esters is 6. The number of carbonyl (C=O) groups excluding carboxylic acids is 6. The molecule has 0 fully saturated rings. The summed E-state index contributed by atoms with van der Waals surface area (Å²) in [5.74, 6) is -3.58. The smallest absolute Gasteiger partial charge is 0.338 e. The van der Waals surface area contributed by atoms with Crippen LogP contribution in [0.4, 0.5) is 0 Å². The molecule has 298 valence electrons. The van der Waals surface area contributed by atoms with Gasteiger partial charge in [-0.05, 0) is 112 Å². The molecule has 0 unspecified atom stereocenters. The first kappa shape index (κ1) is 40.8. The van der Waals surface area contributed by atoms with Crippen molar-refractivity contribution >= 4 is 63.4 Å². The molecule has 5 aromatic rings. The highest BCUT2D eigenvalue weighted by Crippen LogP contribution is 2.26. The van der Waals surface area contributed by atoms with Gasteiger partial charge in [-0.3, -0.25) is 0 Å². The summed E-state index contributed by atoms with van der Waals surface area (Å²) in [7, 11) is 0. The predicted octanol–water partition coefficient (Wildman–Crippen LogP) is 5.03. The molecule has 1 aliphatic rings. The summed E-state index contributed by atoms with van der Waals surface area (Å²) in [5, 5.41) is 20.4. The van der Waals surface area contributed by atoms with Gasteiger partial charge in [-0.15, -0.1) is 0 Å². The van der Waals surface area contributed by atoms with E-state index >= 15 is 0 Å². The van der Waals surface area contributed by atoms with Crippen molar-refractivity contribution in [3.63, 3.8) is 0 Å². The maximum atomic E-state index is 12.7. The van der Waals surface area contributed by atoms with Crippen LogP contribution in [0.5, 0.6) is 0 Å². The Morgan fingerprint density at radius 1 is 0.397 bits per heavy atom. The van der Waals surface area contributed by atoms with Gasteiger partial charge < -0.3 is 38.6 Å². The largest absolute Gasteiger partial charge is 0.460 e. The molecule has 0 saturated heterocycles. The molecule has 2 N–H and O–H groups in total. The topological polar surface area (TPSA) is 198 Å². The van der Waals surface area contributed by atoms with E-state index in [1.807, 2.05) is 0 Å². The lowest BCUT2D eigenvalue weighted by Gasteiger charge is -2.16. The highest BCUT2D eigenvalue weighted by atomic mass is 16.6. The van der Waals surface area contributed by atoms with Crippen molar-refractivity contribution in [3.05, 3.63) is 136 Å². The van der Waals surface area contributed by atoms with E-state index in [1.54, 1.807) is 97.1 Å². The van der Waals surface area contributed by atoms with Gasteiger partial charge in [-0.25, -0.2) is 28.8 Å². The summed E-state index contributed by atoms with van der Waals surface area (Å²) in [4.78, 5) is 75.0. The maximum absolute atomic E-state index is 12.7. The molecule has 58 heavy (non-hydrogen) atoms. The van der Waals surface area contributed by atoms with Gasteiger partial charge in [0.1, 0.15) is 39.6 Å². The number of fused-ring (bicyclic) bond motifs is 3. The number of carbonyl (C=O) groups is 6. The second kappa shape index (κ2) is 19.3. The maximum Gasteiger partial charge on any atom is 0.338 e. The Morgan fingerprint density at radius 2 is 0.724 bits per heavy atom. The van der Waals surface area contributed by atoms with E-state index in [0.717, 1.165) is 5.56 Å². The number of aliphatic hydroxyl groups is 2. The number of hydrogen-bond acceptors (Lipinski definition) is 14. The second-order valence-electron chi connectivity index (χ2n) is 12.9. The molecular weight excluding hydrogens is 752 g/mol. The van der Waals surface area contributed by atoms with Crippen LogP contribution in [0.15, 0.2) is 96.6 Å². The Kier molecular flexibility index (Phi) is 13.6. The molecule has 14 nitrogen and oxygen atoms in total. The van der Waals surface area contributed by atoms with Gasteiger partial charge in [0.15, 0.2) is 0 Å². The Balaban J connectivity index is 0.932. The SMILES string of the molecule is O=C(OCCOC(=O)c1ccc2cc(C(=O)OCCOC(=O)c3ccc4cc(C(=O)OCCO)ccc4c3)ccc2c1)C1=Cc2cc(C(=O)OCCO)ccc2CC1. The number of rotatable bonds is 16. The molecule has 0 spiro atoms. The molecule has 14 heteroatoms. The lowest BCUT2D eigenvalue weighted by atomic mass is 9.91. The summed E-state index contributed by atoms with van der Waals surface area (Å²) in [6.07, 6.45) is 2.68. The van der Waals surface area contributed by atoms with Crippen LogP contribution in [0, 0.1) is 0 Å². The van der Waals surface area contributed by atoms with E-state index in [9.17, 15) is 28.8 Å². The van der Waals surface area contributed by atoms with Crippen LogP contribution in [-0.4, -0.2) is 98.9 Å². The van der Waals surface area contributed by atoms with E-state index in [-0.39, 0.29) is 69.5 Å². The molecule has 0 atom stereocenters. The van der Waals surface area contributed by atoms with Crippen LogP contribution in [-0.2, 0) is 39.6 Å². The monoisotopic (exact) mass is 790 g/mol. The number of benzene rings is 5. The van der Waals surface area contributed by atoms with Gasteiger partial charge in [0, 0.05) is 5.57 Å². The number of ether oxygens (including phenoxy) is 6. The molecule has 5 aromatic carbocycles. The predicted molar refractivity (Wildman–Crippen MR) is 207 cm³/mol. The van der Waals surface area contributed by atoms with E-state index < -0.39 is 35.8 Å². The van der Waals surface area contributed by atoms with E-state index in [4.69, 9.17) is 38.6 Å². The van der Waals surface area contributed by atoms with Crippen molar-refractivity contribution in [2.24, 2.45) is 0 Å². The van der Waals surface area contributed by atoms with Crippen LogP contribution in [0.1, 0.15) is 69.3 Å². The fraction of sp³-hybridized carbons (Fsp3) is 0.227. The average molecular weight is 791 g/mol. The number of hydrogen-bond donors (Lipinski definition) is 2. The number of aryl methyl sites for hydroxylation is 1. The minimum absolute atomic E-state index is 0.107. The standard InChI is InChI=1S/C44H38O14/c45-13-15-53-39(47)32-9-3-29-22-33(10-4-28(29)21-32)41(49)55-17-18-56-42(50)34-11-5-31-24-35(12-6-30(31)23-34)43(51)57-19-20-58-44(52)37-8-2-27-1-7-36(25-38(27)26-37)40(48)54-16-14-46/h1,3-7,9-12,21-26,45-46H,2,8,13-20H2. The Bertz CT molecular complexity index is 2410. The summed E-state index contributed by atoms with van der Waals surface area (Å²) in [5.41, 5.74) is 3.47. The van der Waals surface area contributed by atoms with Crippen molar-refractivity contribution in [2.45, 2.75) is 12.8 Å². The molecule has 0 heterocycles. The third kappa shape index (κ3) is 10.3. The Hall–Kier alpha value is -6.90. The van der Waals surface area contributed by atoms with Gasteiger partial charge in [0.05, 0.1) is 41.0 Å². The molecular formula is C44H38O14. The zero-order valence-corrected chi connectivity index (χ0v) is 31.1. The lowest BCUT2D eigenvalue weighted by Crippen LogP contribution is -2.17. The van der Waals surface area contributed by atoms with Crippen LogP contribution < -0.4 is 0 Å². The van der Waals surface area contributed by atoms with Gasteiger partial charge in [-0.1, -0.05) is 30.3 Å². The van der Waals surface area contributed by atoms with Crippen molar-refractivity contribution in [3.8, 4) is 0 Å². The van der Waals surface area contributed by atoms with Gasteiger partial charge in [0.2, 0.25) is 0 Å². The summed E-state index contributed by atoms with van der Waals surface area (Å²) in [6.45, 7) is -1.50. The van der Waals surface area contributed by atoms with Crippen LogP contribution in [0.2, 0.25) is 0 Å². The highest BCUT2D eigenvalue weighted by molar-refractivity contribution is 6.01. The Labute approximate surface area is 331 Å². The molecule has 0 aromatic heterocycles. The summed E-state index contributed by atoms with van der Waals surface area (Å²) >= 11 is 0. The zero-order chi connectivity index (χ0) is 41.0. The quantitative estimate of drug-likeness (QED) is 0.0766. The molecule has 0 saturated carbocycles. The fourth-order valence-electron chi connectivity index (χ4n) is 6.10. The van der Waals surface area contributed by atoms with Gasteiger partial charge in [-0.2, -0.15) is 0 Å². The third-order valence-electron chi connectivity index (χ3n) is 9.01. The average Bonchev–Trinajstić information content (AvgIpc) is 3.25. The summed E-state index contributed by atoms with van der Waals surface area (Å²) < 4.78 is 31.1. The molecule has 0 amide bonds. The van der Waals surface area contributed by atoms with Crippen LogP contribution in [0.3, 0.4) is 0 Å². The van der Waals surface area contributed by atoms with Crippen LogP contribution in [0.25, 0.3) is 27.6 Å². The first-order valence-corrected chi connectivity index (χ1v) is 18.3. The van der Waals surface area contributed by atoms with Crippen LogP contribution >= 0.6 is 0 Å². The van der Waals surface area contributed by atoms with Gasteiger partial charge in [0.25, 0.3) is 0 Å². The summed E-state index contributed by atoms with van der Waals surface area (Å²) in [6, 6.07) is 24.3. The van der Waals surface area contributed by atoms with Gasteiger partial charge >= 0.3 is 35.8 Å². The highest BCUT2D eigenvalue weighted by Gasteiger charge is 2.20. The minimum Gasteiger partial charge on any atom is -0.460 e. The molecule has 0 bridgehead atoms. The van der Waals surface area contributed by atoms with Crippen molar-refractivity contribution < 1.29 is 67.4 Å². The normalized spacial score (nSPS) is 11.9. The first-order valence-electron chi connectivity index (χ1n) is 18.3. The number of aliphatic hydroxyl groups excluding tert-OH is 2. The second-order valence-corrected chi connectivity index (χ2v) is 12.9. The zero-order valence-electron chi connectivity index (χ0n) is 31.1. The first-order chi connectivity index (χ1) is 28.1. The minimum atomic E-state index is -0.632. The fourth-order valence-corrected chi connectivity index (χ4v) is 6.10. The lowest BCUT2D eigenvalue weighted by molar-refractivity contribution is -0.140. The molecule has 0 radical (unpaired) electrons. The van der Waals surface area contributed by atoms with E-state index in [1.165, 1.54) is 0 Å². The molecule has 1 aliphatic carbocycles. The molecule has 6 rings (SSSR count). The molecule has 0 aliphatic heterocycles. The van der Waals surface area contributed by atoms with Crippen molar-refractivity contribution in [1.29, 1.82) is 0 Å². The van der Waals surface area contributed by atoms with E-state index in [0.29, 0.717) is 56.6 Å². The third-order valence-corrected chi connectivity index (χ3v) is 9.01. The van der Waals surface area contributed by atoms with Crippen molar-refractivity contribution in [2.75, 3.05) is 52.9 Å². The van der Waals surface area contributed by atoms with E-state index in [2.05, 4.69) is 0 Å². The van der Waals surface area contributed by atoms with Crippen molar-refractivity contribution in [1.82, 2.24) is 0 Å².